The summed E-state index contributed by atoms with van der Waals surface area (Å²) < 4.78 is 40.3. The van der Waals surface area contributed by atoms with Crippen molar-refractivity contribution in [3.05, 3.63) is 23.9 Å². The van der Waals surface area contributed by atoms with Crippen molar-refractivity contribution < 1.29 is 23.0 Å². The monoisotopic (exact) mass is 395 g/mol. The summed E-state index contributed by atoms with van der Waals surface area (Å²) in [7, 11) is 2.97. The second-order valence-electron chi connectivity index (χ2n) is 6.13. The Kier molecular flexibility index (Phi) is 7.78. The summed E-state index contributed by atoms with van der Waals surface area (Å²) in [5.41, 5.74) is 1.85. The van der Waals surface area contributed by atoms with Crippen molar-refractivity contribution in [1.82, 2.24) is 9.97 Å². The number of nitrogens with zero attached hydrogens (tertiary/aromatic N) is 2. The standard InChI is InChI=1S/C20H27F2N3O3/c1-6-12(7-2)23-18-15(8-3)24-17(19(25-18)27-5)14-10-9-13(28-20(21)22)11-16(14)26-4/h9-12,20H,6-8H2,1-5H3,(H,23,25). The van der Waals surface area contributed by atoms with Crippen molar-refractivity contribution in [2.24, 2.45) is 0 Å². The number of hydrogen-bond donors (Lipinski definition) is 1. The lowest BCUT2D eigenvalue weighted by Crippen LogP contribution is -2.20. The van der Waals surface area contributed by atoms with Crippen LogP contribution in [0.4, 0.5) is 14.6 Å². The third-order valence-corrected chi connectivity index (χ3v) is 4.44. The Morgan fingerprint density at radius 1 is 1.04 bits per heavy atom. The van der Waals surface area contributed by atoms with Crippen LogP contribution in [0.25, 0.3) is 11.3 Å². The molecule has 28 heavy (non-hydrogen) atoms. The van der Waals surface area contributed by atoms with Gasteiger partial charge in [-0.25, -0.2) is 4.98 Å². The van der Waals surface area contributed by atoms with Gasteiger partial charge in [0, 0.05) is 17.7 Å². The number of halogens is 2. The fraction of sp³-hybridized carbons (Fsp3) is 0.500. The third kappa shape index (κ3) is 4.99. The topological polar surface area (TPSA) is 65.5 Å². The molecule has 0 amide bonds. The first kappa shape index (κ1) is 21.7. The summed E-state index contributed by atoms with van der Waals surface area (Å²) in [5.74, 6) is 1.36. The molecule has 8 heteroatoms. The number of aryl methyl sites for hydroxylation is 1. The second-order valence-corrected chi connectivity index (χ2v) is 6.13. The molecule has 2 rings (SSSR count). The second kappa shape index (κ2) is 10.1. The highest BCUT2D eigenvalue weighted by atomic mass is 19.3. The maximum atomic E-state index is 12.5. The molecule has 0 bridgehead atoms. The minimum atomic E-state index is -2.91. The van der Waals surface area contributed by atoms with Crippen LogP contribution in [0.15, 0.2) is 18.2 Å². The van der Waals surface area contributed by atoms with Gasteiger partial charge in [-0.15, -0.1) is 0 Å². The average Bonchev–Trinajstić information content (AvgIpc) is 2.70. The summed E-state index contributed by atoms with van der Waals surface area (Å²) in [6.45, 7) is 3.31. The van der Waals surface area contributed by atoms with Crippen molar-refractivity contribution in [2.45, 2.75) is 52.7 Å². The highest BCUT2D eigenvalue weighted by Gasteiger charge is 2.20. The number of methoxy groups -OCH3 is 2. The molecule has 1 aromatic heterocycles. The summed E-state index contributed by atoms with van der Waals surface area (Å²) in [5, 5.41) is 3.42. The van der Waals surface area contributed by atoms with E-state index < -0.39 is 6.61 Å². The van der Waals surface area contributed by atoms with E-state index in [1.54, 1.807) is 6.07 Å². The molecule has 6 nitrogen and oxygen atoms in total. The van der Waals surface area contributed by atoms with E-state index in [0.717, 1.165) is 18.5 Å². The summed E-state index contributed by atoms with van der Waals surface area (Å²) in [6, 6.07) is 4.73. The van der Waals surface area contributed by atoms with Gasteiger partial charge in [-0.2, -0.15) is 13.8 Å². The van der Waals surface area contributed by atoms with Crippen LogP contribution in [0, 0.1) is 0 Å². The molecule has 0 saturated heterocycles. The summed E-state index contributed by atoms with van der Waals surface area (Å²) in [4.78, 5) is 9.35. The SMILES string of the molecule is CCc1nc(-c2ccc(OC(F)F)cc2OC)c(OC)nc1NC(CC)CC. The zero-order chi connectivity index (χ0) is 20.7. The maximum absolute atomic E-state index is 12.5. The molecule has 0 spiro atoms. The van der Waals surface area contributed by atoms with Crippen LogP contribution < -0.4 is 19.5 Å². The Balaban J connectivity index is 2.53. The fourth-order valence-electron chi connectivity index (χ4n) is 2.86. The Morgan fingerprint density at radius 2 is 1.75 bits per heavy atom. The number of alkyl halides is 2. The molecule has 0 aliphatic rings. The maximum Gasteiger partial charge on any atom is 0.387 e. The molecule has 154 valence electrons. The van der Waals surface area contributed by atoms with E-state index >= 15 is 0 Å². The molecular weight excluding hydrogens is 368 g/mol. The minimum Gasteiger partial charge on any atom is -0.496 e. The smallest absolute Gasteiger partial charge is 0.387 e. The molecule has 0 radical (unpaired) electrons. The fourth-order valence-corrected chi connectivity index (χ4v) is 2.86. The Hall–Kier alpha value is -2.64. The average molecular weight is 395 g/mol. The Bertz CT molecular complexity index is 784. The highest BCUT2D eigenvalue weighted by molar-refractivity contribution is 5.73. The van der Waals surface area contributed by atoms with E-state index in [0.29, 0.717) is 35.1 Å². The first-order valence-corrected chi connectivity index (χ1v) is 9.31. The molecular formula is C20H27F2N3O3. The number of rotatable bonds is 10. The van der Waals surface area contributed by atoms with Gasteiger partial charge in [0.15, 0.2) is 5.82 Å². The molecule has 1 heterocycles. The molecule has 1 aromatic carbocycles. The number of benzene rings is 1. The van der Waals surface area contributed by atoms with E-state index in [1.165, 1.54) is 26.4 Å². The lowest BCUT2D eigenvalue weighted by molar-refractivity contribution is -0.0499. The minimum absolute atomic E-state index is 0.00487. The van der Waals surface area contributed by atoms with Gasteiger partial charge in [0.25, 0.3) is 0 Å². The first-order valence-electron chi connectivity index (χ1n) is 9.31. The molecule has 2 aromatic rings. The van der Waals surface area contributed by atoms with Gasteiger partial charge in [-0.1, -0.05) is 20.8 Å². The van der Waals surface area contributed by atoms with E-state index in [1.807, 2.05) is 6.92 Å². The van der Waals surface area contributed by atoms with Crippen LogP contribution in [-0.4, -0.2) is 36.8 Å². The molecule has 0 aliphatic carbocycles. The first-order chi connectivity index (χ1) is 13.5. The summed E-state index contributed by atoms with van der Waals surface area (Å²) in [6.07, 6.45) is 2.59. The highest BCUT2D eigenvalue weighted by Crippen LogP contribution is 2.38. The van der Waals surface area contributed by atoms with E-state index in [2.05, 4.69) is 28.9 Å². The quantitative estimate of drug-likeness (QED) is 0.616. The number of anilines is 1. The van der Waals surface area contributed by atoms with Crippen LogP contribution >= 0.6 is 0 Å². The van der Waals surface area contributed by atoms with Crippen LogP contribution in [0.3, 0.4) is 0 Å². The lowest BCUT2D eigenvalue weighted by Gasteiger charge is -2.20. The van der Waals surface area contributed by atoms with Crippen molar-refractivity contribution in [2.75, 3.05) is 19.5 Å². The predicted octanol–water partition coefficient (Wildman–Crippen LogP) is 4.93. The van der Waals surface area contributed by atoms with Gasteiger partial charge < -0.3 is 19.5 Å². The molecule has 1 N–H and O–H groups in total. The molecule has 0 fully saturated rings. The van der Waals surface area contributed by atoms with Crippen LogP contribution in [0.1, 0.15) is 39.3 Å². The number of aromatic nitrogens is 2. The Morgan fingerprint density at radius 3 is 2.29 bits per heavy atom. The number of nitrogens with one attached hydrogen (secondary N) is 1. The normalized spacial score (nSPS) is 11.0. The van der Waals surface area contributed by atoms with Gasteiger partial charge in [-0.3, -0.25) is 0 Å². The Labute approximate surface area is 164 Å². The number of hydrogen-bond acceptors (Lipinski definition) is 6. The van der Waals surface area contributed by atoms with Crippen molar-refractivity contribution in [3.8, 4) is 28.6 Å². The predicted molar refractivity (Wildman–Crippen MR) is 105 cm³/mol. The zero-order valence-electron chi connectivity index (χ0n) is 16.9. The largest absolute Gasteiger partial charge is 0.496 e. The van der Waals surface area contributed by atoms with Gasteiger partial charge in [0.1, 0.15) is 17.2 Å². The van der Waals surface area contributed by atoms with Crippen LogP contribution in [-0.2, 0) is 6.42 Å². The van der Waals surface area contributed by atoms with Crippen molar-refractivity contribution in [3.63, 3.8) is 0 Å². The van der Waals surface area contributed by atoms with E-state index in [9.17, 15) is 8.78 Å². The van der Waals surface area contributed by atoms with Gasteiger partial charge in [-0.05, 0) is 31.4 Å². The lowest BCUT2D eigenvalue weighted by atomic mass is 10.1. The van der Waals surface area contributed by atoms with Crippen LogP contribution in [0.2, 0.25) is 0 Å². The van der Waals surface area contributed by atoms with Gasteiger partial charge in [0.2, 0.25) is 5.88 Å². The zero-order valence-corrected chi connectivity index (χ0v) is 16.9. The molecule has 0 saturated carbocycles. The number of ether oxygens (including phenoxy) is 3. The molecule has 0 aliphatic heterocycles. The van der Waals surface area contributed by atoms with Gasteiger partial charge in [0.05, 0.1) is 19.9 Å². The van der Waals surface area contributed by atoms with Gasteiger partial charge >= 0.3 is 6.61 Å². The van der Waals surface area contributed by atoms with E-state index in [4.69, 9.17) is 14.5 Å². The molecule has 0 atom stereocenters. The molecule has 0 unspecified atom stereocenters. The summed E-state index contributed by atoms with van der Waals surface area (Å²) >= 11 is 0. The van der Waals surface area contributed by atoms with Crippen LogP contribution in [0.5, 0.6) is 17.4 Å². The van der Waals surface area contributed by atoms with Crippen molar-refractivity contribution >= 4 is 5.82 Å². The van der Waals surface area contributed by atoms with Crippen molar-refractivity contribution in [1.29, 1.82) is 0 Å². The van der Waals surface area contributed by atoms with E-state index in [-0.39, 0.29) is 11.8 Å². The third-order valence-electron chi connectivity index (χ3n) is 4.44.